The van der Waals surface area contributed by atoms with Crippen LogP contribution in [-0.2, 0) is 0 Å². The largest absolute Gasteiger partial charge is 0.497 e. The number of fused-ring (bicyclic) bond motifs is 3. The molecule has 0 saturated heterocycles. The summed E-state index contributed by atoms with van der Waals surface area (Å²) in [5.41, 5.74) is 1.85. The molecule has 1 aromatic heterocycles. The Morgan fingerprint density at radius 1 is 1.00 bits per heavy atom. The summed E-state index contributed by atoms with van der Waals surface area (Å²) in [6, 6.07) is 18.1. The van der Waals surface area contributed by atoms with Gasteiger partial charge in [-0.15, -0.1) is 0 Å². The van der Waals surface area contributed by atoms with E-state index in [1.807, 2.05) is 30.3 Å². The molecule has 0 unspecified atom stereocenters. The second-order valence-electron chi connectivity index (χ2n) is 5.50. The van der Waals surface area contributed by atoms with Gasteiger partial charge in [-0.1, -0.05) is 41.7 Å². The van der Waals surface area contributed by atoms with Crippen molar-refractivity contribution in [1.82, 2.24) is 4.98 Å². The summed E-state index contributed by atoms with van der Waals surface area (Å²) in [4.78, 5) is 9.25. The number of rotatable bonds is 4. The fourth-order valence-electron chi connectivity index (χ4n) is 2.77. The molecule has 0 amide bonds. The smallest absolute Gasteiger partial charge is 0.210 e. The highest BCUT2D eigenvalue weighted by atomic mass is 32.1. The number of aliphatic imine (C=N–C) groups is 1. The number of hydrogen-bond acceptors (Lipinski definition) is 5. The average molecular weight is 348 g/mol. The zero-order chi connectivity index (χ0) is 17.2. The normalized spacial score (nSPS) is 11.4. The molecule has 0 aliphatic carbocycles. The van der Waals surface area contributed by atoms with Crippen molar-refractivity contribution in [1.29, 1.82) is 0 Å². The van der Waals surface area contributed by atoms with E-state index in [-0.39, 0.29) is 0 Å². The summed E-state index contributed by atoms with van der Waals surface area (Å²) in [6.45, 7) is 0. The quantitative estimate of drug-likeness (QED) is 0.475. The Morgan fingerprint density at radius 2 is 1.88 bits per heavy atom. The Bertz CT molecular complexity index is 1090. The van der Waals surface area contributed by atoms with E-state index in [1.165, 1.54) is 5.39 Å². The van der Waals surface area contributed by atoms with Crippen LogP contribution in [0.5, 0.6) is 11.5 Å². The van der Waals surface area contributed by atoms with Gasteiger partial charge < -0.3 is 9.47 Å². The van der Waals surface area contributed by atoms with Gasteiger partial charge in [0.15, 0.2) is 0 Å². The van der Waals surface area contributed by atoms with E-state index >= 15 is 0 Å². The van der Waals surface area contributed by atoms with E-state index in [4.69, 9.17) is 14.5 Å². The van der Waals surface area contributed by atoms with Crippen molar-refractivity contribution in [2.75, 3.05) is 14.2 Å². The van der Waals surface area contributed by atoms with E-state index in [0.29, 0.717) is 0 Å². The van der Waals surface area contributed by atoms with Gasteiger partial charge in [-0.25, -0.2) is 9.98 Å². The summed E-state index contributed by atoms with van der Waals surface area (Å²) >= 11 is 1.57. The second kappa shape index (κ2) is 6.53. The summed E-state index contributed by atoms with van der Waals surface area (Å²) in [5.74, 6) is 1.51. The molecule has 0 bridgehead atoms. The van der Waals surface area contributed by atoms with E-state index in [1.54, 1.807) is 31.8 Å². The van der Waals surface area contributed by atoms with Crippen LogP contribution in [-0.4, -0.2) is 25.4 Å². The maximum absolute atomic E-state index is 5.39. The molecule has 4 rings (SSSR count). The van der Waals surface area contributed by atoms with E-state index < -0.39 is 0 Å². The molecule has 0 spiro atoms. The molecular weight excluding hydrogens is 332 g/mol. The van der Waals surface area contributed by atoms with Crippen LogP contribution in [0, 0.1) is 0 Å². The van der Waals surface area contributed by atoms with Crippen LogP contribution in [0.2, 0.25) is 0 Å². The van der Waals surface area contributed by atoms with E-state index in [0.717, 1.165) is 37.8 Å². The van der Waals surface area contributed by atoms with Crippen LogP contribution in [0.1, 0.15) is 5.56 Å². The fourth-order valence-corrected chi connectivity index (χ4v) is 3.60. The van der Waals surface area contributed by atoms with Crippen LogP contribution in [0.15, 0.2) is 59.6 Å². The number of nitrogens with zero attached hydrogens (tertiary/aromatic N) is 2. The lowest BCUT2D eigenvalue weighted by atomic mass is 10.1. The van der Waals surface area contributed by atoms with Gasteiger partial charge in [-0.2, -0.15) is 0 Å². The topological polar surface area (TPSA) is 43.7 Å². The number of hydrogen-bond donors (Lipinski definition) is 0. The minimum atomic E-state index is 0.719. The first-order chi connectivity index (χ1) is 12.3. The SMILES string of the molecule is COc1ccc(OC)c(/C=N/c2nc3c(ccc4ccccc43)s2)c1. The minimum absolute atomic E-state index is 0.719. The van der Waals surface area contributed by atoms with Gasteiger partial charge in [0.1, 0.15) is 11.5 Å². The molecule has 1 heterocycles. The highest BCUT2D eigenvalue weighted by molar-refractivity contribution is 7.22. The van der Waals surface area contributed by atoms with E-state index in [9.17, 15) is 0 Å². The van der Waals surface area contributed by atoms with Crippen molar-refractivity contribution in [3.63, 3.8) is 0 Å². The molecular formula is C20H16N2O2S. The van der Waals surface area contributed by atoms with Gasteiger partial charge in [0.2, 0.25) is 5.13 Å². The van der Waals surface area contributed by atoms with Crippen molar-refractivity contribution < 1.29 is 9.47 Å². The number of ether oxygens (including phenoxy) is 2. The van der Waals surface area contributed by atoms with Gasteiger partial charge in [0, 0.05) is 17.2 Å². The molecule has 0 aliphatic heterocycles. The summed E-state index contributed by atoms with van der Waals surface area (Å²) in [7, 11) is 3.28. The highest BCUT2D eigenvalue weighted by Gasteiger charge is 2.07. The van der Waals surface area contributed by atoms with Gasteiger partial charge in [-0.05, 0) is 29.7 Å². The number of benzene rings is 3. The molecule has 3 aromatic carbocycles. The van der Waals surface area contributed by atoms with Crippen LogP contribution >= 0.6 is 11.3 Å². The Morgan fingerprint density at radius 3 is 2.72 bits per heavy atom. The standard InChI is InChI=1S/C20H16N2O2S/c1-23-15-8-9-17(24-2)14(11-15)12-21-20-22-19-16-6-4-3-5-13(16)7-10-18(19)25-20/h3-12H,1-2H3/b21-12+. The third kappa shape index (κ3) is 2.94. The van der Waals surface area contributed by atoms with Gasteiger partial charge in [0.05, 0.1) is 24.4 Å². The van der Waals surface area contributed by atoms with Gasteiger partial charge >= 0.3 is 0 Å². The van der Waals surface area contributed by atoms with Crippen molar-refractivity contribution in [2.24, 2.45) is 4.99 Å². The average Bonchev–Trinajstić information content (AvgIpc) is 3.09. The molecule has 0 saturated carbocycles. The Hall–Kier alpha value is -2.92. The third-order valence-corrected chi connectivity index (χ3v) is 4.95. The van der Waals surface area contributed by atoms with Crippen molar-refractivity contribution in [3.05, 3.63) is 60.2 Å². The fraction of sp³-hybridized carbons (Fsp3) is 0.100. The van der Waals surface area contributed by atoms with Crippen molar-refractivity contribution in [2.45, 2.75) is 0 Å². The van der Waals surface area contributed by atoms with Crippen LogP contribution < -0.4 is 9.47 Å². The molecule has 4 aromatic rings. The zero-order valence-corrected chi connectivity index (χ0v) is 14.7. The summed E-state index contributed by atoms with van der Waals surface area (Å²) in [6.07, 6.45) is 1.77. The van der Waals surface area contributed by atoms with Gasteiger partial charge in [0.25, 0.3) is 0 Å². The molecule has 124 valence electrons. The molecule has 0 atom stereocenters. The maximum atomic E-state index is 5.39. The minimum Gasteiger partial charge on any atom is -0.497 e. The monoisotopic (exact) mass is 348 g/mol. The molecule has 0 N–H and O–H groups in total. The number of methoxy groups -OCH3 is 2. The number of thiazole rings is 1. The predicted molar refractivity (Wildman–Crippen MR) is 104 cm³/mol. The molecule has 25 heavy (non-hydrogen) atoms. The second-order valence-corrected chi connectivity index (χ2v) is 6.51. The Balaban J connectivity index is 1.76. The lowest BCUT2D eigenvalue weighted by Crippen LogP contribution is -1.92. The summed E-state index contributed by atoms with van der Waals surface area (Å²) in [5, 5.41) is 3.05. The maximum Gasteiger partial charge on any atom is 0.210 e. The molecule has 0 fully saturated rings. The lowest BCUT2D eigenvalue weighted by molar-refractivity contribution is 0.402. The molecule has 4 nitrogen and oxygen atoms in total. The van der Waals surface area contributed by atoms with E-state index in [2.05, 4.69) is 29.3 Å². The predicted octanol–water partition coefficient (Wildman–Crippen LogP) is 5.22. The first-order valence-corrected chi connectivity index (χ1v) is 8.64. The number of aromatic nitrogens is 1. The molecule has 0 radical (unpaired) electrons. The molecule has 5 heteroatoms. The third-order valence-electron chi connectivity index (χ3n) is 4.02. The first kappa shape index (κ1) is 15.6. The van der Waals surface area contributed by atoms with Gasteiger partial charge in [-0.3, -0.25) is 0 Å². The lowest BCUT2D eigenvalue weighted by Gasteiger charge is -2.06. The van der Waals surface area contributed by atoms with Crippen LogP contribution in [0.3, 0.4) is 0 Å². The Labute approximate surface area is 149 Å². The Kier molecular flexibility index (Phi) is 4.07. The van der Waals surface area contributed by atoms with Crippen molar-refractivity contribution in [3.8, 4) is 11.5 Å². The summed E-state index contributed by atoms with van der Waals surface area (Å²) < 4.78 is 11.8. The van der Waals surface area contributed by atoms with Crippen LogP contribution in [0.4, 0.5) is 5.13 Å². The zero-order valence-electron chi connectivity index (χ0n) is 13.9. The first-order valence-electron chi connectivity index (χ1n) is 7.83. The highest BCUT2D eigenvalue weighted by Crippen LogP contribution is 2.33. The molecule has 0 aliphatic rings. The van der Waals surface area contributed by atoms with Crippen molar-refractivity contribution >= 4 is 43.7 Å². The van der Waals surface area contributed by atoms with Crippen LogP contribution in [0.25, 0.3) is 21.0 Å².